The van der Waals surface area contributed by atoms with Gasteiger partial charge in [0.2, 0.25) is 5.13 Å². The zero-order valence-corrected chi connectivity index (χ0v) is 12.5. The summed E-state index contributed by atoms with van der Waals surface area (Å²) in [6.07, 6.45) is 2.69. The van der Waals surface area contributed by atoms with Crippen LogP contribution in [-0.2, 0) is 0 Å². The van der Waals surface area contributed by atoms with Crippen molar-refractivity contribution in [3.63, 3.8) is 0 Å². The van der Waals surface area contributed by atoms with Gasteiger partial charge >= 0.3 is 0 Å². The molecule has 106 valence electrons. The van der Waals surface area contributed by atoms with E-state index in [1.54, 1.807) is 0 Å². The van der Waals surface area contributed by atoms with Crippen LogP contribution in [0.2, 0.25) is 0 Å². The molecule has 0 atom stereocenters. The van der Waals surface area contributed by atoms with Gasteiger partial charge < -0.3 is 10.2 Å². The third-order valence-corrected chi connectivity index (χ3v) is 5.00. The maximum Gasteiger partial charge on any atom is 0.205 e. The number of aryl methyl sites for hydroxylation is 1. The molecule has 3 rings (SSSR count). The van der Waals surface area contributed by atoms with E-state index in [1.165, 1.54) is 57.1 Å². The monoisotopic (exact) mass is 281 g/mol. The van der Waals surface area contributed by atoms with E-state index in [4.69, 9.17) is 0 Å². The van der Waals surface area contributed by atoms with E-state index in [-0.39, 0.29) is 0 Å². The molecule has 2 aliphatic rings. The Bertz CT molecular complexity index is 393. The largest absolute Gasteiger partial charge is 0.344 e. The second-order valence-electron chi connectivity index (χ2n) is 5.61. The predicted molar refractivity (Wildman–Crippen MR) is 78.9 cm³/mol. The highest BCUT2D eigenvalue weighted by atomic mass is 32.1. The summed E-state index contributed by atoms with van der Waals surface area (Å²) in [7, 11) is 0. The predicted octanol–water partition coefficient (Wildman–Crippen LogP) is 0.968. The zero-order valence-electron chi connectivity index (χ0n) is 11.6. The SMILES string of the molecule is Cc1nsc(N2CCN(CC3CCNCC3)CC2)n1. The lowest BCUT2D eigenvalue weighted by molar-refractivity contribution is 0.196. The summed E-state index contributed by atoms with van der Waals surface area (Å²) in [5, 5.41) is 4.54. The number of rotatable bonds is 3. The molecule has 0 aliphatic carbocycles. The topological polar surface area (TPSA) is 44.3 Å². The van der Waals surface area contributed by atoms with Gasteiger partial charge in [-0.05, 0) is 38.8 Å². The van der Waals surface area contributed by atoms with Crippen molar-refractivity contribution < 1.29 is 0 Å². The summed E-state index contributed by atoms with van der Waals surface area (Å²) < 4.78 is 4.27. The van der Waals surface area contributed by atoms with Crippen molar-refractivity contribution in [3.8, 4) is 0 Å². The molecule has 0 bridgehead atoms. The number of nitrogens with zero attached hydrogens (tertiary/aromatic N) is 4. The first-order valence-electron chi connectivity index (χ1n) is 7.29. The fourth-order valence-electron chi connectivity index (χ4n) is 2.97. The number of piperazine rings is 1. The van der Waals surface area contributed by atoms with E-state index in [0.717, 1.165) is 30.0 Å². The molecule has 5 nitrogen and oxygen atoms in total. The third kappa shape index (κ3) is 3.43. The highest BCUT2D eigenvalue weighted by molar-refractivity contribution is 7.09. The Balaban J connectivity index is 1.46. The quantitative estimate of drug-likeness (QED) is 0.894. The van der Waals surface area contributed by atoms with Crippen LogP contribution in [-0.4, -0.2) is 60.1 Å². The van der Waals surface area contributed by atoms with Crippen molar-refractivity contribution in [1.29, 1.82) is 0 Å². The van der Waals surface area contributed by atoms with Crippen LogP contribution >= 0.6 is 11.5 Å². The van der Waals surface area contributed by atoms with Gasteiger partial charge in [0.1, 0.15) is 5.82 Å². The fourth-order valence-corrected chi connectivity index (χ4v) is 3.69. The average molecular weight is 281 g/mol. The Morgan fingerprint density at radius 3 is 2.58 bits per heavy atom. The lowest BCUT2D eigenvalue weighted by atomic mass is 9.97. The lowest BCUT2D eigenvalue weighted by Crippen LogP contribution is -2.48. The summed E-state index contributed by atoms with van der Waals surface area (Å²) in [5.41, 5.74) is 0. The van der Waals surface area contributed by atoms with E-state index in [1.807, 2.05) is 6.92 Å². The standard InChI is InChI=1S/C13H23N5S/c1-11-15-13(19-16-11)18-8-6-17(7-9-18)10-12-2-4-14-5-3-12/h12,14H,2-10H2,1H3. The highest BCUT2D eigenvalue weighted by Crippen LogP contribution is 2.20. The van der Waals surface area contributed by atoms with Crippen LogP contribution < -0.4 is 10.2 Å². The Hall–Kier alpha value is -0.720. The molecule has 2 aliphatic heterocycles. The third-order valence-electron chi connectivity index (χ3n) is 4.13. The van der Waals surface area contributed by atoms with Crippen LogP contribution in [0.15, 0.2) is 0 Å². The summed E-state index contributed by atoms with van der Waals surface area (Å²) in [5.74, 6) is 1.80. The Morgan fingerprint density at radius 1 is 1.21 bits per heavy atom. The summed E-state index contributed by atoms with van der Waals surface area (Å²) in [6.45, 7) is 10.2. The summed E-state index contributed by atoms with van der Waals surface area (Å²) in [4.78, 5) is 9.49. The van der Waals surface area contributed by atoms with E-state index < -0.39 is 0 Å². The molecule has 0 unspecified atom stereocenters. The molecule has 2 saturated heterocycles. The zero-order chi connectivity index (χ0) is 13.1. The van der Waals surface area contributed by atoms with Gasteiger partial charge in [-0.3, -0.25) is 4.90 Å². The van der Waals surface area contributed by atoms with E-state index in [9.17, 15) is 0 Å². The first kappa shape index (κ1) is 13.3. The number of piperidine rings is 1. The second kappa shape index (κ2) is 6.15. The fraction of sp³-hybridized carbons (Fsp3) is 0.846. The Kier molecular flexibility index (Phi) is 4.30. The van der Waals surface area contributed by atoms with Crippen LogP contribution in [0, 0.1) is 12.8 Å². The number of aromatic nitrogens is 2. The van der Waals surface area contributed by atoms with Crippen molar-refractivity contribution >= 4 is 16.7 Å². The molecule has 6 heteroatoms. The van der Waals surface area contributed by atoms with Crippen molar-refractivity contribution in [1.82, 2.24) is 19.6 Å². The molecule has 0 amide bonds. The molecular formula is C13H23N5S. The van der Waals surface area contributed by atoms with Crippen molar-refractivity contribution in [2.24, 2.45) is 5.92 Å². The Morgan fingerprint density at radius 2 is 1.95 bits per heavy atom. The van der Waals surface area contributed by atoms with Gasteiger partial charge in [0.15, 0.2) is 0 Å². The first-order chi connectivity index (χ1) is 9.31. The molecule has 1 N–H and O–H groups in total. The van der Waals surface area contributed by atoms with Gasteiger partial charge in [0.25, 0.3) is 0 Å². The summed E-state index contributed by atoms with van der Waals surface area (Å²) >= 11 is 1.53. The van der Waals surface area contributed by atoms with Crippen molar-refractivity contribution in [2.45, 2.75) is 19.8 Å². The maximum atomic E-state index is 4.48. The van der Waals surface area contributed by atoms with Gasteiger partial charge in [-0.2, -0.15) is 4.37 Å². The minimum absolute atomic E-state index is 0.900. The van der Waals surface area contributed by atoms with Gasteiger partial charge in [-0.1, -0.05) is 0 Å². The first-order valence-corrected chi connectivity index (χ1v) is 8.07. The van der Waals surface area contributed by atoms with E-state index in [0.29, 0.717) is 0 Å². The molecule has 0 radical (unpaired) electrons. The Labute approximate surface area is 119 Å². The van der Waals surface area contributed by atoms with Gasteiger partial charge in [0, 0.05) is 44.3 Å². The number of nitrogens with one attached hydrogen (secondary N) is 1. The van der Waals surface area contributed by atoms with Crippen molar-refractivity contribution in [2.75, 3.05) is 50.7 Å². The molecule has 3 heterocycles. The maximum absolute atomic E-state index is 4.48. The molecule has 0 aromatic carbocycles. The summed E-state index contributed by atoms with van der Waals surface area (Å²) in [6, 6.07) is 0. The van der Waals surface area contributed by atoms with Crippen molar-refractivity contribution in [3.05, 3.63) is 5.82 Å². The van der Waals surface area contributed by atoms with Crippen LogP contribution in [0.5, 0.6) is 0 Å². The normalized spacial score (nSPS) is 22.9. The second-order valence-corrected chi connectivity index (χ2v) is 6.34. The number of anilines is 1. The van der Waals surface area contributed by atoms with Gasteiger partial charge in [-0.25, -0.2) is 4.98 Å². The highest BCUT2D eigenvalue weighted by Gasteiger charge is 2.22. The minimum Gasteiger partial charge on any atom is -0.344 e. The van der Waals surface area contributed by atoms with Crippen LogP contribution in [0.3, 0.4) is 0 Å². The molecule has 0 spiro atoms. The molecule has 0 saturated carbocycles. The van der Waals surface area contributed by atoms with Gasteiger partial charge in [-0.15, -0.1) is 0 Å². The number of hydrogen-bond acceptors (Lipinski definition) is 6. The smallest absolute Gasteiger partial charge is 0.205 e. The number of hydrogen-bond donors (Lipinski definition) is 1. The van der Waals surface area contributed by atoms with Crippen LogP contribution in [0.4, 0.5) is 5.13 Å². The molecule has 1 aromatic heterocycles. The van der Waals surface area contributed by atoms with E-state index in [2.05, 4.69) is 24.5 Å². The molecule has 2 fully saturated rings. The molecule has 1 aromatic rings. The average Bonchev–Trinajstić information content (AvgIpc) is 2.87. The van der Waals surface area contributed by atoms with Crippen LogP contribution in [0.1, 0.15) is 18.7 Å². The van der Waals surface area contributed by atoms with Crippen LogP contribution in [0.25, 0.3) is 0 Å². The molecular weight excluding hydrogens is 258 g/mol. The molecule has 19 heavy (non-hydrogen) atoms. The lowest BCUT2D eigenvalue weighted by Gasteiger charge is -2.37. The minimum atomic E-state index is 0.900. The van der Waals surface area contributed by atoms with Gasteiger partial charge in [0.05, 0.1) is 0 Å². The van der Waals surface area contributed by atoms with E-state index >= 15 is 0 Å².